The van der Waals surface area contributed by atoms with E-state index in [9.17, 15) is 9.18 Å². The van der Waals surface area contributed by atoms with E-state index in [0.717, 1.165) is 6.07 Å². The van der Waals surface area contributed by atoms with Crippen LogP contribution in [0.25, 0.3) is 0 Å². The van der Waals surface area contributed by atoms with Crippen LogP contribution in [0.2, 0.25) is 5.02 Å². The molecule has 1 aromatic carbocycles. The minimum absolute atomic E-state index is 0.0855. The SMILES string of the molecule is COC(=O)Cc1cc(Cl)c(F)cc1C#N. The van der Waals surface area contributed by atoms with Gasteiger partial charge in [-0.1, -0.05) is 11.6 Å². The van der Waals surface area contributed by atoms with Crippen LogP contribution in [0.1, 0.15) is 11.1 Å². The molecule has 0 saturated carbocycles. The molecule has 0 aliphatic rings. The lowest BCUT2D eigenvalue weighted by molar-refractivity contribution is -0.139. The number of rotatable bonds is 2. The molecule has 0 unspecified atom stereocenters. The standard InChI is InChI=1S/C10H7ClFNO2/c1-15-10(14)4-6-2-8(11)9(12)3-7(6)5-13/h2-3H,4H2,1H3. The van der Waals surface area contributed by atoms with Crippen molar-refractivity contribution in [3.05, 3.63) is 34.1 Å². The lowest BCUT2D eigenvalue weighted by Crippen LogP contribution is -2.06. The molecule has 0 saturated heterocycles. The normalized spacial score (nSPS) is 9.47. The van der Waals surface area contributed by atoms with Crippen LogP contribution in [0.4, 0.5) is 4.39 Å². The Morgan fingerprint density at radius 2 is 2.33 bits per heavy atom. The molecule has 15 heavy (non-hydrogen) atoms. The van der Waals surface area contributed by atoms with Crippen molar-refractivity contribution >= 4 is 17.6 Å². The Balaban J connectivity index is 3.12. The number of methoxy groups -OCH3 is 1. The van der Waals surface area contributed by atoms with Gasteiger partial charge >= 0.3 is 5.97 Å². The second kappa shape index (κ2) is 4.76. The molecule has 0 heterocycles. The van der Waals surface area contributed by atoms with Crippen LogP contribution < -0.4 is 0 Å². The van der Waals surface area contributed by atoms with E-state index in [0.29, 0.717) is 5.56 Å². The first-order chi connectivity index (χ1) is 7.08. The minimum Gasteiger partial charge on any atom is -0.469 e. The number of halogens is 2. The van der Waals surface area contributed by atoms with Crippen molar-refractivity contribution in [3.63, 3.8) is 0 Å². The molecule has 1 aromatic rings. The molecule has 0 amide bonds. The van der Waals surface area contributed by atoms with E-state index < -0.39 is 11.8 Å². The number of carbonyl (C=O) groups excluding carboxylic acids is 1. The van der Waals surface area contributed by atoms with Gasteiger partial charge in [0.05, 0.1) is 30.2 Å². The van der Waals surface area contributed by atoms with E-state index in [1.807, 2.05) is 0 Å². The summed E-state index contributed by atoms with van der Waals surface area (Å²) in [6.07, 6.45) is -0.0978. The van der Waals surface area contributed by atoms with Crippen molar-refractivity contribution in [2.45, 2.75) is 6.42 Å². The Hall–Kier alpha value is -1.60. The molecule has 3 nitrogen and oxygen atoms in total. The summed E-state index contributed by atoms with van der Waals surface area (Å²) in [5, 5.41) is 8.59. The lowest BCUT2D eigenvalue weighted by atomic mass is 10.1. The largest absolute Gasteiger partial charge is 0.469 e. The van der Waals surface area contributed by atoms with Gasteiger partial charge in [-0.25, -0.2) is 4.39 Å². The zero-order valence-corrected chi connectivity index (χ0v) is 8.64. The number of hydrogen-bond acceptors (Lipinski definition) is 3. The van der Waals surface area contributed by atoms with E-state index in [-0.39, 0.29) is 17.0 Å². The van der Waals surface area contributed by atoms with E-state index in [2.05, 4.69) is 4.74 Å². The molecular weight excluding hydrogens is 221 g/mol. The Kier molecular flexibility index (Phi) is 3.64. The van der Waals surface area contributed by atoms with Crippen LogP contribution in [0.15, 0.2) is 12.1 Å². The first kappa shape index (κ1) is 11.5. The lowest BCUT2D eigenvalue weighted by Gasteiger charge is -2.04. The third-order valence-electron chi connectivity index (χ3n) is 1.83. The van der Waals surface area contributed by atoms with E-state index in [1.54, 1.807) is 6.07 Å². The maximum absolute atomic E-state index is 13.0. The van der Waals surface area contributed by atoms with Crippen LogP contribution in [-0.2, 0) is 16.0 Å². The first-order valence-corrected chi connectivity index (χ1v) is 4.41. The smallest absolute Gasteiger partial charge is 0.310 e. The summed E-state index contributed by atoms with van der Waals surface area (Å²) in [6, 6.07) is 4.04. The quantitative estimate of drug-likeness (QED) is 0.727. The molecule has 0 N–H and O–H groups in total. The van der Waals surface area contributed by atoms with Gasteiger partial charge in [-0.3, -0.25) is 4.79 Å². The molecule has 0 bridgehead atoms. The number of nitriles is 1. The summed E-state index contributed by atoms with van der Waals surface area (Å²) in [6.45, 7) is 0. The van der Waals surface area contributed by atoms with E-state index >= 15 is 0 Å². The monoisotopic (exact) mass is 227 g/mol. The van der Waals surface area contributed by atoms with Crippen LogP contribution in [-0.4, -0.2) is 13.1 Å². The average Bonchev–Trinajstić information content (AvgIpc) is 2.22. The van der Waals surface area contributed by atoms with Crippen LogP contribution in [0, 0.1) is 17.1 Å². The molecular formula is C10H7ClFNO2. The minimum atomic E-state index is -0.679. The predicted molar refractivity (Wildman–Crippen MR) is 51.8 cm³/mol. The third kappa shape index (κ3) is 2.67. The number of esters is 1. The maximum atomic E-state index is 13.0. The molecule has 0 aliphatic carbocycles. The summed E-state index contributed by atoms with van der Waals surface area (Å²) >= 11 is 5.53. The van der Waals surface area contributed by atoms with Crippen LogP contribution in [0.3, 0.4) is 0 Å². The van der Waals surface area contributed by atoms with Gasteiger partial charge in [-0.05, 0) is 17.7 Å². The maximum Gasteiger partial charge on any atom is 0.310 e. The molecule has 0 aromatic heterocycles. The fraction of sp³-hybridized carbons (Fsp3) is 0.200. The Labute approximate surface area is 91.0 Å². The number of ether oxygens (including phenoxy) is 1. The first-order valence-electron chi connectivity index (χ1n) is 4.03. The van der Waals surface area contributed by atoms with Crippen molar-refractivity contribution in [1.29, 1.82) is 5.26 Å². The number of nitrogens with zero attached hydrogens (tertiary/aromatic N) is 1. The summed E-state index contributed by atoms with van der Waals surface area (Å²) in [5.74, 6) is -1.18. The number of carbonyl (C=O) groups is 1. The van der Waals surface area contributed by atoms with Gasteiger partial charge in [0.15, 0.2) is 0 Å². The fourth-order valence-corrected chi connectivity index (χ4v) is 1.25. The third-order valence-corrected chi connectivity index (χ3v) is 2.12. The Morgan fingerprint density at radius 1 is 1.67 bits per heavy atom. The Bertz CT molecular complexity index is 440. The molecule has 78 valence electrons. The summed E-state index contributed by atoms with van der Waals surface area (Å²) in [5.41, 5.74) is 0.443. The zero-order chi connectivity index (χ0) is 11.4. The van der Waals surface area contributed by atoms with Gasteiger partial charge in [0.25, 0.3) is 0 Å². The van der Waals surface area contributed by atoms with Gasteiger partial charge in [0.1, 0.15) is 5.82 Å². The fourth-order valence-electron chi connectivity index (χ4n) is 1.07. The Morgan fingerprint density at radius 3 is 2.87 bits per heavy atom. The van der Waals surface area contributed by atoms with Gasteiger partial charge in [-0.15, -0.1) is 0 Å². The molecule has 0 fully saturated rings. The van der Waals surface area contributed by atoms with Gasteiger partial charge in [-0.2, -0.15) is 5.26 Å². The number of benzene rings is 1. The van der Waals surface area contributed by atoms with Crippen molar-refractivity contribution in [1.82, 2.24) is 0 Å². The van der Waals surface area contributed by atoms with Crippen molar-refractivity contribution in [2.75, 3.05) is 7.11 Å². The second-order valence-electron chi connectivity index (χ2n) is 2.79. The average molecular weight is 228 g/mol. The molecule has 0 radical (unpaired) electrons. The summed E-state index contributed by atoms with van der Waals surface area (Å²) in [4.78, 5) is 11.0. The van der Waals surface area contributed by atoms with Gasteiger partial charge in [0.2, 0.25) is 0 Å². The molecule has 1 rings (SSSR count). The summed E-state index contributed by atoms with van der Waals surface area (Å²) < 4.78 is 17.4. The van der Waals surface area contributed by atoms with Crippen molar-refractivity contribution in [3.8, 4) is 6.07 Å². The van der Waals surface area contributed by atoms with Gasteiger partial charge in [0, 0.05) is 0 Å². The molecule has 5 heteroatoms. The molecule has 0 aliphatic heterocycles. The van der Waals surface area contributed by atoms with Crippen LogP contribution >= 0.6 is 11.6 Å². The van der Waals surface area contributed by atoms with E-state index in [4.69, 9.17) is 16.9 Å². The van der Waals surface area contributed by atoms with Gasteiger partial charge < -0.3 is 4.74 Å². The second-order valence-corrected chi connectivity index (χ2v) is 3.20. The zero-order valence-electron chi connectivity index (χ0n) is 7.88. The van der Waals surface area contributed by atoms with Crippen LogP contribution in [0.5, 0.6) is 0 Å². The number of hydrogen-bond donors (Lipinski definition) is 0. The van der Waals surface area contributed by atoms with Crippen molar-refractivity contribution in [2.24, 2.45) is 0 Å². The van der Waals surface area contributed by atoms with E-state index in [1.165, 1.54) is 13.2 Å². The highest BCUT2D eigenvalue weighted by atomic mass is 35.5. The highest BCUT2D eigenvalue weighted by Gasteiger charge is 2.11. The molecule has 0 spiro atoms. The van der Waals surface area contributed by atoms with Crippen molar-refractivity contribution < 1.29 is 13.9 Å². The predicted octanol–water partition coefficient (Wildman–Crippen LogP) is 2.07. The highest BCUT2D eigenvalue weighted by Crippen LogP contribution is 2.20. The highest BCUT2D eigenvalue weighted by molar-refractivity contribution is 6.30. The summed E-state index contributed by atoms with van der Waals surface area (Å²) in [7, 11) is 1.24. The molecule has 0 atom stereocenters. The topological polar surface area (TPSA) is 50.1 Å².